The van der Waals surface area contributed by atoms with E-state index in [2.05, 4.69) is 40.9 Å². The van der Waals surface area contributed by atoms with Crippen molar-refractivity contribution in [2.75, 3.05) is 45.9 Å². The topological polar surface area (TPSA) is 53.0 Å². The molecule has 1 saturated heterocycles. The first-order chi connectivity index (χ1) is 13.7. The Hall–Kier alpha value is -2.12. The fraction of sp³-hybridized carbons (Fsp3) is 0.524. The summed E-state index contributed by atoms with van der Waals surface area (Å²) in [7, 11) is 0. The van der Waals surface area contributed by atoms with Crippen LogP contribution in [-0.2, 0) is 6.54 Å². The first kappa shape index (κ1) is 20.6. The van der Waals surface area contributed by atoms with Crippen molar-refractivity contribution in [3.8, 4) is 5.75 Å². The highest BCUT2D eigenvalue weighted by Crippen LogP contribution is 2.17. The number of nitrogens with zero attached hydrogens (tertiary/aromatic N) is 4. The van der Waals surface area contributed by atoms with E-state index >= 15 is 0 Å². The number of aliphatic imine (C=N–C) groups is 1. The quantitative estimate of drug-likeness (QED) is 0.571. The van der Waals surface area contributed by atoms with Crippen LogP contribution in [0.25, 0.3) is 0 Å². The van der Waals surface area contributed by atoms with E-state index in [1.807, 2.05) is 30.3 Å². The molecule has 0 amide bonds. The van der Waals surface area contributed by atoms with Crippen molar-refractivity contribution in [3.05, 3.63) is 45.9 Å². The maximum atomic E-state index is 5.82. The molecule has 0 spiro atoms. The van der Waals surface area contributed by atoms with Gasteiger partial charge in [0.1, 0.15) is 17.4 Å². The summed E-state index contributed by atoms with van der Waals surface area (Å²) >= 11 is 1.74. The highest BCUT2D eigenvalue weighted by Gasteiger charge is 2.19. The molecule has 1 fully saturated rings. The van der Waals surface area contributed by atoms with Crippen LogP contribution in [0, 0.1) is 13.8 Å². The molecule has 1 aliphatic heterocycles. The number of aromatic nitrogens is 1. The monoisotopic (exact) mass is 401 g/mol. The maximum absolute atomic E-state index is 5.82. The Morgan fingerprint density at radius 2 is 1.93 bits per heavy atom. The summed E-state index contributed by atoms with van der Waals surface area (Å²) in [6.07, 6.45) is 0. The largest absolute Gasteiger partial charge is 0.492 e. The normalized spacial score (nSPS) is 15.7. The molecule has 152 valence electrons. The Kier molecular flexibility index (Phi) is 7.68. The lowest BCUT2D eigenvalue weighted by atomic mass is 10.3. The summed E-state index contributed by atoms with van der Waals surface area (Å²) < 4.78 is 5.82. The highest BCUT2D eigenvalue weighted by atomic mass is 32.1. The van der Waals surface area contributed by atoms with Gasteiger partial charge in [-0.1, -0.05) is 18.2 Å². The van der Waals surface area contributed by atoms with Crippen LogP contribution in [0.2, 0.25) is 0 Å². The standard InChI is InChI=1S/C21H31N5OS/c1-4-22-21(23-16-20-24-17(2)18(3)28-20)26-12-10-25(11-13-26)14-15-27-19-8-6-5-7-9-19/h5-9H,4,10-16H2,1-3H3,(H,22,23). The van der Waals surface area contributed by atoms with E-state index < -0.39 is 0 Å². The van der Waals surface area contributed by atoms with Crippen LogP contribution < -0.4 is 10.1 Å². The zero-order chi connectivity index (χ0) is 19.8. The minimum absolute atomic E-state index is 0.646. The van der Waals surface area contributed by atoms with Crippen molar-refractivity contribution < 1.29 is 4.74 Å². The van der Waals surface area contributed by atoms with Gasteiger partial charge in [-0.3, -0.25) is 4.90 Å². The first-order valence-corrected chi connectivity index (χ1v) is 10.8. The zero-order valence-electron chi connectivity index (χ0n) is 17.1. The van der Waals surface area contributed by atoms with Gasteiger partial charge < -0.3 is 15.0 Å². The van der Waals surface area contributed by atoms with Gasteiger partial charge >= 0.3 is 0 Å². The fourth-order valence-electron chi connectivity index (χ4n) is 3.17. The van der Waals surface area contributed by atoms with Gasteiger partial charge in [-0.05, 0) is 32.9 Å². The average Bonchev–Trinajstić information content (AvgIpc) is 3.04. The minimum atomic E-state index is 0.646. The Bertz CT molecular complexity index is 734. The number of aryl methyl sites for hydroxylation is 2. The van der Waals surface area contributed by atoms with Crippen LogP contribution >= 0.6 is 11.3 Å². The van der Waals surface area contributed by atoms with Crippen molar-refractivity contribution in [3.63, 3.8) is 0 Å². The van der Waals surface area contributed by atoms with Gasteiger partial charge in [-0.2, -0.15) is 0 Å². The number of ether oxygens (including phenoxy) is 1. The number of para-hydroxylation sites is 1. The molecule has 0 atom stereocenters. The molecule has 1 aliphatic rings. The van der Waals surface area contributed by atoms with E-state index in [0.29, 0.717) is 6.54 Å². The molecular weight excluding hydrogens is 370 g/mol. The molecule has 0 unspecified atom stereocenters. The van der Waals surface area contributed by atoms with Gasteiger partial charge in [-0.25, -0.2) is 9.98 Å². The highest BCUT2D eigenvalue weighted by molar-refractivity contribution is 7.11. The lowest BCUT2D eigenvalue weighted by Gasteiger charge is -2.36. The second-order valence-corrected chi connectivity index (χ2v) is 8.20. The van der Waals surface area contributed by atoms with E-state index in [1.54, 1.807) is 11.3 Å². The predicted molar refractivity (Wildman–Crippen MR) is 116 cm³/mol. The number of hydrogen-bond acceptors (Lipinski definition) is 5. The molecule has 0 saturated carbocycles. The van der Waals surface area contributed by atoms with E-state index in [4.69, 9.17) is 9.73 Å². The molecule has 1 aromatic heterocycles. The molecule has 2 aromatic rings. The van der Waals surface area contributed by atoms with Crippen molar-refractivity contribution in [1.82, 2.24) is 20.1 Å². The fourth-order valence-corrected chi connectivity index (χ4v) is 4.03. The summed E-state index contributed by atoms with van der Waals surface area (Å²) in [6.45, 7) is 13.5. The SMILES string of the molecule is CCNC(=NCc1nc(C)c(C)s1)N1CCN(CCOc2ccccc2)CC1. The smallest absolute Gasteiger partial charge is 0.194 e. The molecule has 28 heavy (non-hydrogen) atoms. The van der Waals surface area contributed by atoms with E-state index in [9.17, 15) is 0 Å². The number of nitrogens with one attached hydrogen (secondary N) is 1. The molecule has 7 heteroatoms. The Morgan fingerprint density at radius 3 is 2.57 bits per heavy atom. The molecule has 0 aliphatic carbocycles. The molecular formula is C21H31N5OS. The summed E-state index contributed by atoms with van der Waals surface area (Å²) in [5, 5.41) is 4.52. The Morgan fingerprint density at radius 1 is 1.18 bits per heavy atom. The average molecular weight is 402 g/mol. The van der Waals surface area contributed by atoms with Crippen LogP contribution in [0.4, 0.5) is 0 Å². The lowest BCUT2D eigenvalue weighted by molar-refractivity contribution is 0.152. The van der Waals surface area contributed by atoms with Crippen LogP contribution in [0.15, 0.2) is 35.3 Å². The van der Waals surface area contributed by atoms with Crippen LogP contribution in [0.3, 0.4) is 0 Å². The number of rotatable bonds is 7. The van der Waals surface area contributed by atoms with Crippen LogP contribution in [-0.4, -0.2) is 66.6 Å². The number of piperazine rings is 1. The van der Waals surface area contributed by atoms with Gasteiger partial charge in [0.05, 0.1) is 12.2 Å². The number of benzene rings is 1. The summed E-state index contributed by atoms with van der Waals surface area (Å²) in [5.74, 6) is 1.93. The van der Waals surface area contributed by atoms with Gasteiger partial charge in [0, 0.05) is 44.1 Å². The molecule has 0 radical (unpaired) electrons. The number of hydrogen-bond donors (Lipinski definition) is 1. The predicted octanol–water partition coefficient (Wildman–Crippen LogP) is 2.92. The number of thiazole rings is 1. The summed E-state index contributed by atoms with van der Waals surface area (Å²) in [4.78, 5) is 15.5. The van der Waals surface area contributed by atoms with Crippen LogP contribution in [0.5, 0.6) is 5.75 Å². The molecule has 1 aromatic carbocycles. The summed E-state index contributed by atoms with van der Waals surface area (Å²) in [5.41, 5.74) is 1.12. The molecule has 0 bridgehead atoms. The third-order valence-corrected chi connectivity index (χ3v) is 5.92. The number of guanidine groups is 1. The molecule has 6 nitrogen and oxygen atoms in total. The van der Waals surface area contributed by atoms with Gasteiger partial charge in [-0.15, -0.1) is 11.3 Å². The maximum Gasteiger partial charge on any atom is 0.194 e. The molecule has 2 heterocycles. The van der Waals surface area contributed by atoms with Gasteiger partial charge in [0.25, 0.3) is 0 Å². The molecule has 1 N–H and O–H groups in total. The van der Waals surface area contributed by atoms with Crippen molar-refractivity contribution >= 4 is 17.3 Å². The third-order valence-electron chi connectivity index (χ3n) is 4.86. The van der Waals surface area contributed by atoms with Crippen molar-refractivity contribution in [2.45, 2.75) is 27.3 Å². The minimum Gasteiger partial charge on any atom is -0.492 e. The third kappa shape index (κ3) is 5.94. The molecule has 3 rings (SSSR count). The van der Waals surface area contributed by atoms with E-state index in [-0.39, 0.29) is 0 Å². The van der Waals surface area contributed by atoms with Gasteiger partial charge in [0.15, 0.2) is 5.96 Å². The lowest BCUT2D eigenvalue weighted by Crippen LogP contribution is -2.53. The van der Waals surface area contributed by atoms with Gasteiger partial charge in [0.2, 0.25) is 0 Å². The Balaban J connectivity index is 1.46. The van der Waals surface area contributed by atoms with Crippen LogP contribution in [0.1, 0.15) is 22.5 Å². The van der Waals surface area contributed by atoms with Crippen molar-refractivity contribution in [1.29, 1.82) is 0 Å². The van der Waals surface area contributed by atoms with E-state index in [1.165, 1.54) is 4.88 Å². The Labute approximate surface area is 172 Å². The summed E-state index contributed by atoms with van der Waals surface area (Å²) in [6, 6.07) is 10.0. The zero-order valence-corrected chi connectivity index (χ0v) is 18.0. The van der Waals surface area contributed by atoms with E-state index in [0.717, 1.165) is 68.3 Å². The second kappa shape index (κ2) is 10.4. The second-order valence-electron chi connectivity index (χ2n) is 6.91. The van der Waals surface area contributed by atoms with Crippen molar-refractivity contribution in [2.24, 2.45) is 4.99 Å². The first-order valence-electron chi connectivity index (χ1n) is 10.0.